The Labute approximate surface area is 199 Å². The lowest BCUT2D eigenvalue weighted by Gasteiger charge is -2.27. The molecule has 172 valence electrons. The number of methoxy groups -OCH3 is 1. The molecule has 0 aliphatic carbocycles. The molecule has 1 amide bonds. The van der Waals surface area contributed by atoms with Crippen LogP contribution in [0, 0.1) is 13.8 Å². The monoisotopic (exact) mass is 475 g/mol. The topological polar surface area (TPSA) is 54.9 Å². The number of benzene rings is 2. The zero-order valence-corrected chi connectivity index (χ0v) is 20.4. The van der Waals surface area contributed by atoms with Crippen LogP contribution in [0.25, 0.3) is 10.2 Å². The second-order valence-electron chi connectivity index (χ2n) is 7.89. The molecule has 6 nitrogen and oxygen atoms in total. The molecule has 1 saturated heterocycles. The fourth-order valence-electron chi connectivity index (χ4n) is 3.87. The number of hydrogen-bond donors (Lipinski definition) is 0. The summed E-state index contributed by atoms with van der Waals surface area (Å²) in [6.45, 7) is 9.08. The molecule has 1 aromatic heterocycles. The van der Waals surface area contributed by atoms with Gasteiger partial charge in [-0.2, -0.15) is 0 Å². The van der Waals surface area contributed by atoms with E-state index in [2.05, 4.69) is 11.8 Å². The Balaban J connectivity index is 0.00000289. The van der Waals surface area contributed by atoms with Crippen LogP contribution in [0.3, 0.4) is 0 Å². The van der Waals surface area contributed by atoms with Crippen LogP contribution in [0.1, 0.15) is 27.9 Å². The normalized spacial score (nSPS) is 14.2. The number of fused-ring (bicyclic) bond motifs is 1. The van der Waals surface area contributed by atoms with Gasteiger partial charge in [0.1, 0.15) is 11.3 Å². The van der Waals surface area contributed by atoms with Gasteiger partial charge in [-0.25, -0.2) is 4.98 Å². The molecule has 1 fully saturated rings. The van der Waals surface area contributed by atoms with Gasteiger partial charge in [-0.3, -0.25) is 14.6 Å². The molecule has 32 heavy (non-hydrogen) atoms. The first-order valence-corrected chi connectivity index (χ1v) is 11.5. The third-order valence-corrected chi connectivity index (χ3v) is 6.83. The zero-order valence-electron chi connectivity index (χ0n) is 18.8. The SMILES string of the molecule is COc1ccc(C)c2sc(N(CCCN3CCOCC3)C(=O)c3cccc(C)c3)nc12.Cl. The molecule has 4 rings (SSSR count). The Kier molecular flexibility index (Phi) is 8.48. The van der Waals surface area contributed by atoms with Crippen molar-refractivity contribution in [2.75, 3.05) is 51.4 Å². The Bertz CT molecular complexity index is 1070. The number of carbonyl (C=O) groups excluding carboxylic acids is 1. The van der Waals surface area contributed by atoms with Gasteiger partial charge >= 0.3 is 0 Å². The fourth-order valence-corrected chi connectivity index (χ4v) is 4.95. The second-order valence-corrected chi connectivity index (χ2v) is 8.87. The maximum Gasteiger partial charge on any atom is 0.260 e. The molecule has 0 bridgehead atoms. The number of nitrogens with zero attached hydrogens (tertiary/aromatic N) is 3. The average Bonchev–Trinajstić information content (AvgIpc) is 3.23. The highest BCUT2D eigenvalue weighted by atomic mass is 35.5. The van der Waals surface area contributed by atoms with Gasteiger partial charge < -0.3 is 9.47 Å². The molecule has 0 unspecified atom stereocenters. The molecule has 2 heterocycles. The van der Waals surface area contributed by atoms with Crippen molar-refractivity contribution in [2.24, 2.45) is 0 Å². The number of aromatic nitrogens is 1. The standard InChI is InChI=1S/C24H29N3O3S.ClH/c1-17-6-4-7-19(16-17)23(28)27(11-5-10-26-12-14-30-15-13-26)24-25-21-20(29-3)9-8-18(2)22(21)31-24;/h4,6-9,16H,5,10-15H2,1-3H3;1H. The van der Waals surface area contributed by atoms with Gasteiger partial charge in [-0.1, -0.05) is 35.1 Å². The van der Waals surface area contributed by atoms with E-state index in [1.54, 1.807) is 18.4 Å². The molecule has 0 N–H and O–H groups in total. The van der Waals surface area contributed by atoms with E-state index in [1.165, 1.54) is 0 Å². The van der Waals surface area contributed by atoms with E-state index in [0.29, 0.717) is 12.1 Å². The number of carbonyl (C=O) groups is 1. The first-order valence-electron chi connectivity index (χ1n) is 10.7. The van der Waals surface area contributed by atoms with E-state index in [4.69, 9.17) is 14.5 Å². The van der Waals surface area contributed by atoms with Crippen LogP contribution in [-0.2, 0) is 4.74 Å². The third kappa shape index (κ3) is 5.41. The fraction of sp³-hybridized carbons (Fsp3) is 0.417. The van der Waals surface area contributed by atoms with Crippen molar-refractivity contribution in [3.05, 3.63) is 53.1 Å². The Morgan fingerprint density at radius 3 is 2.72 bits per heavy atom. The molecule has 8 heteroatoms. The first kappa shape index (κ1) is 24.5. The van der Waals surface area contributed by atoms with Crippen LogP contribution < -0.4 is 9.64 Å². The third-order valence-electron chi connectivity index (χ3n) is 5.61. The Morgan fingerprint density at radius 1 is 1.22 bits per heavy atom. The second kappa shape index (κ2) is 11.1. The highest BCUT2D eigenvalue weighted by Gasteiger charge is 2.23. The summed E-state index contributed by atoms with van der Waals surface area (Å²) in [6.07, 6.45) is 0.879. The van der Waals surface area contributed by atoms with Crippen LogP contribution in [-0.4, -0.2) is 62.3 Å². The Hall–Kier alpha value is -2.19. The number of hydrogen-bond acceptors (Lipinski definition) is 6. The minimum Gasteiger partial charge on any atom is -0.494 e. The number of thiazole rings is 1. The molecule has 0 atom stereocenters. The Morgan fingerprint density at radius 2 is 2.00 bits per heavy atom. The lowest BCUT2D eigenvalue weighted by atomic mass is 10.1. The van der Waals surface area contributed by atoms with Gasteiger partial charge in [0.15, 0.2) is 5.13 Å². The quantitative estimate of drug-likeness (QED) is 0.495. The van der Waals surface area contributed by atoms with Crippen LogP contribution in [0.4, 0.5) is 5.13 Å². The number of rotatable bonds is 7. The van der Waals surface area contributed by atoms with E-state index in [9.17, 15) is 4.79 Å². The van der Waals surface area contributed by atoms with E-state index in [-0.39, 0.29) is 18.3 Å². The number of ether oxygens (including phenoxy) is 2. The van der Waals surface area contributed by atoms with Crippen LogP contribution in [0.2, 0.25) is 0 Å². The maximum atomic E-state index is 13.5. The smallest absolute Gasteiger partial charge is 0.260 e. The van der Waals surface area contributed by atoms with Crippen molar-refractivity contribution in [2.45, 2.75) is 20.3 Å². The lowest BCUT2D eigenvalue weighted by Crippen LogP contribution is -2.39. The summed E-state index contributed by atoms with van der Waals surface area (Å²) in [4.78, 5) is 22.6. The highest BCUT2D eigenvalue weighted by Crippen LogP contribution is 2.37. The number of morpholine rings is 1. The molecule has 1 aliphatic heterocycles. The van der Waals surface area contributed by atoms with Crippen LogP contribution in [0.15, 0.2) is 36.4 Å². The van der Waals surface area contributed by atoms with Gasteiger partial charge in [-0.15, -0.1) is 12.4 Å². The summed E-state index contributed by atoms with van der Waals surface area (Å²) in [5.74, 6) is 0.723. The first-order chi connectivity index (χ1) is 15.1. The molecule has 2 aromatic carbocycles. The molecule has 0 radical (unpaired) electrons. The number of halogens is 1. The zero-order chi connectivity index (χ0) is 21.8. The van der Waals surface area contributed by atoms with Crippen molar-refractivity contribution in [1.29, 1.82) is 0 Å². The van der Waals surface area contributed by atoms with Crippen LogP contribution in [0.5, 0.6) is 5.75 Å². The molecular weight excluding hydrogens is 446 g/mol. The minimum absolute atomic E-state index is 0. The molecular formula is C24H30ClN3O3S. The van der Waals surface area contributed by atoms with E-state index < -0.39 is 0 Å². The predicted octanol–water partition coefficient (Wildman–Crippen LogP) is 4.71. The number of amides is 1. The van der Waals surface area contributed by atoms with Gasteiger partial charge in [0.25, 0.3) is 5.91 Å². The lowest BCUT2D eigenvalue weighted by molar-refractivity contribution is 0.0376. The predicted molar refractivity (Wildman–Crippen MR) is 133 cm³/mol. The van der Waals surface area contributed by atoms with Gasteiger partial charge in [0.2, 0.25) is 0 Å². The van der Waals surface area contributed by atoms with Gasteiger partial charge in [-0.05, 0) is 44.0 Å². The summed E-state index contributed by atoms with van der Waals surface area (Å²) in [5, 5.41) is 0.719. The maximum absolute atomic E-state index is 13.5. The number of aryl methyl sites for hydroxylation is 2. The highest BCUT2D eigenvalue weighted by molar-refractivity contribution is 7.22. The van der Waals surface area contributed by atoms with Crippen molar-refractivity contribution in [1.82, 2.24) is 9.88 Å². The van der Waals surface area contributed by atoms with Crippen molar-refractivity contribution >= 4 is 45.0 Å². The van der Waals surface area contributed by atoms with E-state index >= 15 is 0 Å². The van der Waals surface area contributed by atoms with E-state index in [1.807, 2.05) is 48.2 Å². The average molecular weight is 476 g/mol. The van der Waals surface area contributed by atoms with Gasteiger partial charge in [0.05, 0.1) is 25.0 Å². The largest absolute Gasteiger partial charge is 0.494 e. The summed E-state index contributed by atoms with van der Waals surface area (Å²) >= 11 is 1.56. The molecule has 3 aromatic rings. The van der Waals surface area contributed by atoms with E-state index in [0.717, 1.165) is 71.5 Å². The van der Waals surface area contributed by atoms with Crippen LogP contribution >= 0.6 is 23.7 Å². The van der Waals surface area contributed by atoms with Gasteiger partial charge in [0, 0.05) is 31.7 Å². The van der Waals surface area contributed by atoms with Crippen molar-refractivity contribution < 1.29 is 14.3 Å². The summed E-state index contributed by atoms with van der Waals surface area (Å²) in [6, 6.07) is 11.7. The summed E-state index contributed by atoms with van der Waals surface area (Å²) < 4.78 is 12.0. The summed E-state index contributed by atoms with van der Waals surface area (Å²) in [7, 11) is 1.65. The molecule has 1 aliphatic rings. The van der Waals surface area contributed by atoms with Crippen molar-refractivity contribution in [3.63, 3.8) is 0 Å². The molecule has 0 spiro atoms. The molecule has 0 saturated carbocycles. The number of anilines is 1. The summed E-state index contributed by atoms with van der Waals surface area (Å²) in [5.41, 5.74) is 3.71. The minimum atomic E-state index is -0.0126. The van der Waals surface area contributed by atoms with Crippen molar-refractivity contribution in [3.8, 4) is 5.75 Å².